The summed E-state index contributed by atoms with van der Waals surface area (Å²) in [5, 5.41) is 12.3. The molecule has 1 N–H and O–H groups in total. The van der Waals surface area contributed by atoms with Gasteiger partial charge in [-0.2, -0.15) is 10.2 Å². The summed E-state index contributed by atoms with van der Waals surface area (Å²) in [7, 11) is 0. The number of amides is 1. The van der Waals surface area contributed by atoms with E-state index in [-0.39, 0.29) is 22.9 Å². The van der Waals surface area contributed by atoms with Gasteiger partial charge < -0.3 is 5.32 Å². The summed E-state index contributed by atoms with van der Waals surface area (Å²) < 4.78 is 16.8. The molecule has 4 aromatic rings. The van der Waals surface area contributed by atoms with Crippen molar-refractivity contribution in [3.05, 3.63) is 99.8 Å². The van der Waals surface area contributed by atoms with Gasteiger partial charge in [0.25, 0.3) is 5.91 Å². The first-order valence-corrected chi connectivity index (χ1v) is 11.3. The Bertz CT molecular complexity index is 1300. The molecule has 1 aliphatic carbocycles. The molecule has 6 nitrogen and oxygen atoms in total. The molecule has 1 unspecified atom stereocenters. The molecule has 5 rings (SSSR count). The van der Waals surface area contributed by atoms with Crippen molar-refractivity contribution >= 4 is 17.5 Å². The van der Waals surface area contributed by atoms with E-state index in [1.54, 1.807) is 19.1 Å². The Hall–Kier alpha value is -3.45. The minimum atomic E-state index is -0.349. The van der Waals surface area contributed by atoms with Crippen molar-refractivity contribution < 1.29 is 9.18 Å². The summed E-state index contributed by atoms with van der Waals surface area (Å²) in [6.45, 7) is 2.44. The lowest BCUT2D eigenvalue weighted by Gasteiger charge is -2.24. The Balaban J connectivity index is 1.38. The second kappa shape index (κ2) is 8.83. The first-order chi connectivity index (χ1) is 16.0. The van der Waals surface area contributed by atoms with E-state index in [4.69, 9.17) is 11.6 Å². The zero-order valence-corrected chi connectivity index (χ0v) is 18.9. The molecule has 1 atom stereocenters. The quantitative estimate of drug-likeness (QED) is 0.451. The SMILES string of the molecule is Cc1nn(-c2ccc(F)cc2)c(Cl)c1C(=O)NC1CCCc2c1cnn2Cc1ccccc1. The molecule has 2 heterocycles. The number of aromatic nitrogens is 4. The fourth-order valence-corrected chi connectivity index (χ4v) is 4.76. The van der Waals surface area contributed by atoms with E-state index in [0.29, 0.717) is 23.5 Å². The molecule has 0 bridgehead atoms. The van der Waals surface area contributed by atoms with Gasteiger partial charge in [-0.25, -0.2) is 9.07 Å². The normalized spacial score (nSPS) is 15.3. The second-order valence-corrected chi connectivity index (χ2v) is 8.61. The number of halogens is 2. The van der Waals surface area contributed by atoms with Crippen LogP contribution in [-0.2, 0) is 13.0 Å². The third kappa shape index (κ3) is 4.16. The Kier molecular flexibility index (Phi) is 5.72. The molecular formula is C25H23ClFN5O. The lowest BCUT2D eigenvalue weighted by Crippen LogP contribution is -2.31. The van der Waals surface area contributed by atoms with Gasteiger partial charge in [0.05, 0.1) is 35.7 Å². The number of benzene rings is 2. The number of rotatable bonds is 5. The van der Waals surface area contributed by atoms with Crippen molar-refractivity contribution in [2.24, 2.45) is 0 Å². The van der Waals surface area contributed by atoms with Crippen LogP contribution in [0.2, 0.25) is 5.15 Å². The zero-order chi connectivity index (χ0) is 22.9. The maximum absolute atomic E-state index is 13.3. The number of nitrogens with zero attached hydrogens (tertiary/aromatic N) is 4. The topological polar surface area (TPSA) is 64.7 Å². The Labute approximate surface area is 196 Å². The molecular weight excluding hydrogens is 441 g/mol. The van der Waals surface area contributed by atoms with E-state index in [1.807, 2.05) is 29.1 Å². The van der Waals surface area contributed by atoms with Crippen molar-refractivity contribution in [2.75, 3.05) is 0 Å². The summed E-state index contributed by atoms with van der Waals surface area (Å²) >= 11 is 6.54. The molecule has 168 valence electrons. The maximum atomic E-state index is 13.3. The lowest BCUT2D eigenvalue weighted by molar-refractivity contribution is 0.0932. The second-order valence-electron chi connectivity index (χ2n) is 8.25. The van der Waals surface area contributed by atoms with Crippen molar-refractivity contribution in [3.63, 3.8) is 0 Å². The largest absolute Gasteiger partial charge is 0.345 e. The van der Waals surface area contributed by atoms with Crippen molar-refractivity contribution in [1.82, 2.24) is 24.9 Å². The fourth-order valence-electron chi connectivity index (χ4n) is 4.40. The molecule has 2 aromatic heterocycles. The summed E-state index contributed by atoms with van der Waals surface area (Å²) in [5.74, 6) is -0.628. The molecule has 2 aromatic carbocycles. The Morgan fingerprint density at radius 2 is 1.94 bits per heavy atom. The monoisotopic (exact) mass is 463 g/mol. The van der Waals surface area contributed by atoms with Crippen LogP contribution < -0.4 is 5.32 Å². The van der Waals surface area contributed by atoms with Crippen LogP contribution in [0, 0.1) is 12.7 Å². The van der Waals surface area contributed by atoms with Crippen molar-refractivity contribution in [1.29, 1.82) is 0 Å². The molecule has 0 spiro atoms. The molecule has 8 heteroatoms. The van der Waals surface area contributed by atoms with Crippen LogP contribution in [-0.4, -0.2) is 25.5 Å². The molecule has 1 aliphatic rings. The molecule has 0 radical (unpaired) electrons. The van der Waals surface area contributed by atoms with Crippen LogP contribution in [0.15, 0.2) is 60.8 Å². The van der Waals surface area contributed by atoms with E-state index >= 15 is 0 Å². The number of aryl methyl sites for hydroxylation is 1. The van der Waals surface area contributed by atoms with Gasteiger partial charge in [-0.15, -0.1) is 0 Å². The molecule has 0 fully saturated rings. The van der Waals surface area contributed by atoms with Crippen LogP contribution in [0.3, 0.4) is 0 Å². The van der Waals surface area contributed by atoms with E-state index < -0.39 is 0 Å². The van der Waals surface area contributed by atoms with E-state index in [1.165, 1.54) is 22.4 Å². The zero-order valence-electron chi connectivity index (χ0n) is 18.1. The maximum Gasteiger partial charge on any atom is 0.256 e. The number of nitrogens with one attached hydrogen (secondary N) is 1. The predicted molar refractivity (Wildman–Crippen MR) is 124 cm³/mol. The smallest absolute Gasteiger partial charge is 0.256 e. The van der Waals surface area contributed by atoms with E-state index in [9.17, 15) is 9.18 Å². The summed E-state index contributed by atoms with van der Waals surface area (Å²) in [4.78, 5) is 13.2. The van der Waals surface area contributed by atoms with Gasteiger partial charge in [0.2, 0.25) is 0 Å². The molecule has 0 aliphatic heterocycles. The van der Waals surface area contributed by atoms with Gasteiger partial charge in [0, 0.05) is 11.3 Å². The number of fused-ring (bicyclic) bond motifs is 1. The average molecular weight is 464 g/mol. The summed E-state index contributed by atoms with van der Waals surface area (Å²) in [6.07, 6.45) is 4.58. The number of hydrogen-bond donors (Lipinski definition) is 1. The highest BCUT2D eigenvalue weighted by molar-refractivity contribution is 6.33. The first-order valence-electron chi connectivity index (χ1n) is 10.9. The molecule has 33 heavy (non-hydrogen) atoms. The van der Waals surface area contributed by atoms with Crippen LogP contribution in [0.5, 0.6) is 0 Å². The minimum absolute atomic E-state index is 0.143. The number of carbonyl (C=O) groups excluding carboxylic acids is 1. The fraction of sp³-hybridized carbons (Fsp3) is 0.240. The van der Waals surface area contributed by atoms with Crippen molar-refractivity contribution in [2.45, 2.75) is 38.8 Å². The van der Waals surface area contributed by atoms with E-state index in [0.717, 1.165) is 30.5 Å². The minimum Gasteiger partial charge on any atom is -0.345 e. The van der Waals surface area contributed by atoms with Gasteiger partial charge in [-0.1, -0.05) is 41.9 Å². The third-order valence-electron chi connectivity index (χ3n) is 6.05. The molecule has 1 amide bonds. The standard InChI is InChI=1S/C25H23ClFN5O/c1-16-23(24(26)32(30-16)19-12-10-18(27)11-13-19)25(33)29-21-8-5-9-22-20(21)14-28-31(22)15-17-6-3-2-4-7-17/h2-4,6-7,10-14,21H,5,8-9,15H2,1H3,(H,29,33). The Morgan fingerprint density at radius 3 is 2.70 bits per heavy atom. The highest BCUT2D eigenvalue weighted by atomic mass is 35.5. The predicted octanol–water partition coefficient (Wildman–Crippen LogP) is 5.03. The Morgan fingerprint density at radius 1 is 1.18 bits per heavy atom. The van der Waals surface area contributed by atoms with Gasteiger partial charge in [0.15, 0.2) is 0 Å². The van der Waals surface area contributed by atoms with Crippen LogP contribution >= 0.6 is 11.6 Å². The summed E-state index contributed by atoms with van der Waals surface area (Å²) in [6, 6.07) is 15.9. The third-order valence-corrected chi connectivity index (χ3v) is 6.39. The number of carbonyl (C=O) groups is 1. The molecule has 0 saturated heterocycles. The number of hydrogen-bond acceptors (Lipinski definition) is 3. The van der Waals surface area contributed by atoms with E-state index in [2.05, 4.69) is 27.6 Å². The van der Waals surface area contributed by atoms with Crippen LogP contribution in [0.4, 0.5) is 4.39 Å². The van der Waals surface area contributed by atoms with Gasteiger partial charge in [-0.3, -0.25) is 9.48 Å². The van der Waals surface area contributed by atoms with Crippen LogP contribution in [0.25, 0.3) is 5.69 Å². The molecule has 0 saturated carbocycles. The average Bonchev–Trinajstić information content (AvgIpc) is 3.36. The van der Waals surface area contributed by atoms with Gasteiger partial charge in [0.1, 0.15) is 11.0 Å². The van der Waals surface area contributed by atoms with Crippen molar-refractivity contribution in [3.8, 4) is 5.69 Å². The lowest BCUT2D eigenvalue weighted by atomic mass is 9.92. The summed E-state index contributed by atoms with van der Waals surface area (Å²) in [5.41, 5.74) is 4.81. The van der Waals surface area contributed by atoms with Gasteiger partial charge >= 0.3 is 0 Å². The van der Waals surface area contributed by atoms with Crippen LogP contribution in [0.1, 0.15) is 51.8 Å². The van der Waals surface area contributed by atoms with Gasteiger partial charge in [-0.05, 0) is 56.0 Å². The first kappa shape index (κ1) is 21.4. The highest BCUT2D eigenvalue weighted by Crippen LogP contribution is 2.31. The highest BCUT2D eigenvalue weighted by Gasteiger charge is 2.28.